The number of carbonyl (C=O) groups is 1. The summed E-state index contributed by atoms with van der Waals surface area (Å²) in [6, 6.07) is 0. The monoisotopic (exact) mass is 687 g/mol. The maximum absolute atomic E-state index is 12.2. The van der Waals surface area contributed by atoms with E-state index in [4.69, 9.17) is 9.47 Å². The fraction of sp³-hybridized carbons (Fsp3) is 0.800. The summed E-state index contributed by atoms with van der Waals surface area (Å²) >= 11 is 0. The minimum Gasteiger partial charge on any atom is -0.457 e. The molecule has 4 heteroatoms. The van der Waals surface area contributed by atoms with Gasteiger partial charge >= 0.3 is 5.97 Å². The highest BCUT2D eigenvalue weighted by Crippen LogP contribution is 2.15. The second-order valence-corrected chi connectivity index (χ2v) is 14.0. The van der Waals surface area contributed by atoms with Gasteiger partial charge in [0.25, 0.3) is 0 Å². The molecule has 4 nitrogen and oxygen atoms in total. The number of rotatable bonds is 39. The minimum absolute atomic E-state index is 0.187. The summed E-state index contributed by atoms with van der Waals surface area (Å²) in [7, 11) is 0. The van der Waals surface area contributed by atoms with Gasteiger partial charge in [0.05, 0.1) is 13.2 Å². The highest BCUT2D eigenvalue weighted by molar-refractivity contribution is 5.69. The number of allylic oxidation sites excluding steroid dienone is 8. The predicted molar refractivity (Wildman–Crippen MR) is 214 cm³/mol. The summed E-state index contributed by atoms with van der Waals surface area (Å²) in [5.74, 6) is -0.239. The summed E-state index contributed by atoms with van der Waals surface area (Å²) in [6.07, 6.45) is 54.7. The van der Waals surface area contributed by atoms with Crippen molar-refractivity contribution in [3.63, 3.8) is 0 Å². The number of esters is 1. The smallest absolute Gasteiger partial charge is 0.306 e. The average molecular weight is 687 g/mol. The zero-order chi connectivity index (χ0) is 35.6. The van der Waals surface area contributed by atoms with E-state index in [9.17, 15) is 9.90 Å². The Morgan fingerprint density at radius 2 is 0.918 bits per heavy atom. The van der Waals surface area contributed by atoms with E-state index >= 15 is 0 Å². The normalized spacial score (nSPS) is 12.8. The van der Waals surface area contributed by atoms with Crippen LogP contribution < -0.4 is 0 Å². The molecule has 0 aromatic heterocycles. The molecule has 0 bridgehead atoms. The van der Waals surface area contributed by atoms with E-state index < -0.39 is 6.10 Å². The van der Waals surface area contributed by atoms with E-state index in [-0.39, 0.29) is 19.2 Å². The van der Waals surface area contributed by atoms with E-state index in [2.05, 4.69) is 62.5 Å². The predicted octanol–water partition coefficient (Wildman–Crippen LogP) is 13.9. The molecule has 0 aliphatic rings. The molecule has 1 N–H and O–H groups in total. The zero-order valence-electron chi connectivity index (χ0n) is 32.7. The number of hydrogen-bond donors (Lipinski definition) is 1. The lowest BCUT2D eigenvalue weighted by Gasteiger charge is -2.15. The van der Waals surface area contributed by atoms with Crippen LogP contribution in [0, 0.1) is 0 Å². The molecule has 0 aromatic rings. The van der Waals surface area contributed by atoms with Gasteiger partial charge in [0.2, 0.25) is 0 Å². The molecule has 0 radical (unpaired) electrons. The van der Waals surface area contributed by atoms with Gasteiger partial charge < -0.3 is 14.6 Å². The molecule has 0 spiro atoms. The lowest BCUT2D eigenvalue weighted by atomic mass is 10.0. The molecule has 49 heavy (non-hydrogen) atoms. The number of aliphatic hydroxyl groups excluding tert-OH is 1. The zero-order valence-corrected chi connectivity index (χ0v) is 32.7. The van der Waals surface area contributed by atoms with E-state index in [1.807, 2.05) is 0 Å². The highest BCUT2D eigenvalue weighted by atomic mass is 16.6. The largest absolute Gasteiger partial charge is 0.457 e. The van der Waals surface area contributed by atoms with Crippen LogP contribution in [0.5, 0.6) is 0 Å². The first kappa shape index (κ1) is 47.4. The Morgan fingerprint density at radius 1 is 0.510 bits per heavy atom. The maximum Gasteiger partial charge on any atom is 0.306 e. The van der Waals surface area contributed by atoms with Crippen molar-refractivity contribution in [2.45, 2.75) is 213 Å². The molecule has 0 aliphatic heterocycles. The van der Waals surface area contributed by atoms with Gasteiger partial charge in [-0.1, -0.05) is 197 Å². The van der Waals surface area contributed by atoms with Crippen molar-refractivity contribution < 1.29 is 19.4 Å². The third kappa shape index (κ3) is 40.7. The fourth-order valence-electron chi connectivity index (χ4n) is 6.03. The van der Waals surface area contributed by atoms with E-state index in [0.29, 0.717) is 13.0 Å². The van der Waals surface area contributed by atoms with Crippen molar-refractivity contribution in [1.29, 1.82) is 0 Å². The fourth-order valence-corrected chi connectivity index (χ4v) is 6.03. The van der Waals surface area contributed by atoms with Crippen molar-refractivity contribution in [2.75, 3.05) is 19.8 Å². The quantitative estimate of drug-likeness (QED) is 0.0397. The van der Waals surface area contributed by atoms with E-state index in [1.54, 1.807) is 0 Å². The summed E-state index contributed by atoms with van der Waals surface area (Å²) in [6.45, 7) is 5.21. The number of hydrogen-bond acceptors (Lipinski definition) is 4. The van der Waals surface area contributed by atoms with Crippen molar-refractivity contribution in [3.8, 4) is 0 Å². The number of unbranched alkanes of at least 4 members (excludes halogenated alkanes) is 23. The standard InChI is InChI=1S/C45H82O4/c1-3-5-7-9-11-13-15-17-19-20-21-22-23-24-25-27-29-31-33-35-37-39-41-48-43-44(42-46)49-45(47)40-38-36-34-32-30-28-26-18-16-14-12-10-8-6-4-2/h6,8,12,14,18,26,30,32,44,46H,3-5,7,9-11,13,15-17,19-25,27-29,31,33-43H2,1-2H3/b8-6-,14-12-,26-18-,32-30-. The van der Waals surface area contributed by atoms with Crippen LogP contribution in [0.25, 0.3) is 0 Å². The van der Waals surface area contributed by atoms with Crippen molar-refractivity contribution in [3.05, 3.63) is 48.6 Å². The van der Waals surface area contributed by atoms with Crippen molar-refractivity contribution in [2.24, 2.45) is 0 Å². The van der Waals surface area contributed by atoms with Gasteiger partial charge in [-0.2, -0.15) is 0 Å². The van der Waals surface area contributed by atoms with Gasteiger partial charge in [-0.05, 0) is 51.4 Å². The SMILES string of the molecule is CC/C=C\C/C=C\C/C=C\C/C=C\CCCCC(=O)OC(CO)COCCCCCCCCCCCCCCCCCCCCCCCC. The van der Waals surface area contributed by atoms with Crippen LogP contribution in [0.2, 0.25) is 0 Å². The molecule has 0 amide bonds. The lowest BCUT2D eigenvalue weighted by molar-refractivity contribution is -0.154. The van der Waals surface area contributed by atoms with E-state index in [1.165, 1.54) is 135 Å². The molecule has 0 saturated carbocycles. The maximum atomic E-state index is 12.2. The average Bonchev–Trinajstić information content (AvgIpc) is 3.11. The molecule has 0 aliphatic carbocycles. The molecule has 286 valence electrons. The van der Waals surface area contributed by atoms with Crippen LogP contribution >= 0.6 is 0 Å². The van der Waals surface area contributed by atoms with Gasteiger partial charge in [-0.3, -0.25) is 4.79 Å². The molecule has 0 saturated heterocycles. The van der Waals surface area contributed by atoms with Crippen LogP contribution in [-0.4, -0.2) is 37.0 Å². The van der Waals surface area contributed by atoms with Gasteiger partial charge in [0, 0.05) is 13.0 Å². The molecular weight excluding hydrogens is 604 g/mol. The summed E-state index contributed by atoms with van der Waals surface area (Å²) in [4.78, 5) is 12.2. The minimum atomic E-state index is -0.554. The second kappa shape index (κ2) is 42.5. The first-order valence-corrected chi connectivity index (χ1v) is 21.2. The Morgan fingerprint density at radius 3 is 1.35 bits per heavy atom. The second-order valence-electron chi connectivity index (χ2n) is 14.0. The first-order chi connectivity index (χ1) is 24.2. The van der Waals surface area contributed by atoms with Crippen LogP contribution in [0.3, 0.4) is 0 Å². The Bertz CT molecular complexity index is 768. The third-order valence-electron chi connectivity index (χ3n) is 9.17. The van der Waals surface area contributed by atoms with Crippen molar-refractivity contribution in [1.82, 2.24) is 0 Å². The van der Waals surface area contributed by atoms with Crippen LogP contribution in [-0.2, 0) is 14.3 Å². The van der Waals surface area contributed by atoms with Gasteiger partial charge in [-0.15, -0.1) is 0 Å². The molecule has 0 rings (SSSR count). The van der Waals surface area contributed by atoms with Crippen molar-refractivity contribution >= 4 is 5.97 Å². The van der Waals surface area contributed by atoms with Crippen LogP contribution in [0.1, 0.15) is 206 Å². The number of aliphatic hydroxyl groups is 1. The van der Waals surface area contributed by atoms with Crippen LogP contribution in [0.4, 0.5) is 0 Å². The first-order valence-electron chi connectivity index (χ1n) is 21.2. The number of carbonyl (C=O) groups excluding carboxylic acids is 1. The third-order valence-corrected chi connectivity index (χ3v) is 9.17. The van der Waals surface area contributed by atoms with Gasteiger partial charge in [0.1, 0.15) is 6.10 Å². The highest BCUT2D eigenvalue weighted by Gasteiger charge is 2.13. The Labute approximate surface area is 305 Å². The molecule has 0 heterocycles. The van der Waals surface area contributed by atoms with Gasteiger partial charge in [0.15, 0.2) is 0 Å². The summed E-state index contributed by atoms with van der Waals surface area (Å²) in [5, 5.41) is 9.58. The number of ether oxygens (including phenoxy) is 2. The summed E-state index contributed by atoms with van der Waals surface area (Å²) < 4.78 is 11.1. The molecule has 1 atom stereocenters. The summed E-state index contributed by atoms with van der Waals surface area (Å²) in [5.41, 5.74) is 0. The molecule has 1 unspecified atom stereocenters. The Hall–Kier alpha value is -1.65. The molecule has 0 fully saturated rings. The topological polar surface area (TPSA) is 55.8 Å². The lowest BCUT2D eigenvalue weighted by Crippen LogP contribution is -2.27. The van der Waals surface area contributed by atoms with Gasteiger partial charge in [-0.25, -0.2) is 0 Å². The Balaban J connectivity index is 3.43. The van der Waals surface area contributed by atoms with E-state index in [0.717, 1.165) is 51.4 Å². The molecular formula is C45H82O4. The van der Waals surface area contributed by atoms with Crippen LogP contribution in [0.15, 0.2) is 48.6 Å². The molecule has 0 aromatic carbocycles. The Kier molecular flexibility index (Phi) is 41.1.